The van der Waals surface area contributed by atoms with Gasteiger partial charge in [-0.2, -0.15) is 5.10 Å². The summed E-state index contributed by atoms with van der Waals surface area (Å²) in [4.78, 5) is 11.9. The standard InChI is InChI=1S/C20H17BrN2O3/c21-15-5-3-6-16(12-15)26-11-10-20(25)23-22-13-18-17-7-2-1-4-14(17)8-9-19(18)24/h1-9,12-13,24H,10-11H2,(H,23,25)/b22-13+. The van der Waals surface area contributed by atoms with Crippen molar-refractivity contribution in [3.63, 3.8) is 0 Å². The molecule has 5 nitrogen and oxygen atoms in total. The molecular formula is C20H17BrN2O3. The van der Waals surface area contributed by atoms with E-state index in [-0.39, 0.29) is 24.7 Å². The fourth-order valence-corrected chi connectivity index (χ4v) is 2.84. The predicted octanol–water partition coefficient (Wildman–Crippen LogP) is 4.23. The number of ether oxygens (including phenoxy) is 1. The van der Waals surface area contributed by atoms with Crippen LogP contribution in [0.25, 0.3) is 10.8 Å². The summed E-state index contributed by atoms with van der Waals surface area (Å²) >= 11 is 3.36. The largest absolute Gasteiger partial charge is 0.507 e. The summed E-state index contributed by atoms with van der Waals surface area (Å²) in [7, 11) is 0. The Morgan fingerprint density at radius 3 is 2.85 bits per heavy atom. The molecule has 0 heterocycles. The van der Waals surface area contributed by atoms with Crippen LogP contribution in [0.1, 0.15) is 12.0 Å². The molecule has 0 fully saturated rings. The van der Waals surface area contributed by atoms with Crippen molar-refractivity contribution < 1.29 is 14.6 Å². The monoisotopic (exact) mass is 412 g/mol. The number of amides is 1. The average molecular weight is 413 g/mol. The Labute approximate surface area is 159 Å². The van der Waals surface area contributed by atoms with Gasteiger partial charge in [-0.3, -0.25) is 4.79 Å². The van der Waals surface area contributed by atoms with Crippen molar-refractivity contribution >= 4 is 38.8 Å². The van der Waals surface area contributed by atoms with Gasteiger partial charge in [-0.15, -0.1) is 0 Å². The minimum absolute atomic E-state index is 0.111. The molecule has 0 saturated heterocycles. The Balaban J connectivity index is 1.55. The van der Waals surface area contributed by atoms with Crippen molar-refractivity contribution in [2.45, 2.75) is 6.42 Å². The molecule has 0 aliphatic carbocycles. The topological polar surface area (TPSA) is 70.9 Å². The lowest BCUT2D eigenvalue weighted by atomic mass is 10.0. The molecule has 0 aliphatic heterocycles. The number of phenolic OH excluding ortho intramolecular Hbond substituents is 1. The van der Waals surface area contributed by atoms with E-state index in [9.17, 15) is 9.90 Å². The normalized spacial score (nSPS) is 11.0. The zero-order valence-corrected chi connectivity index (χ0v) is 15.4. The molecule has 3 aromatic rings. The molecule has 0 bridgehead atoms. The van der Waals surface area contributed by atoms with Gasteiger partial charge < -0.3 is 9.84 Å². The van der Waals surface area contributed by atoms with E-state index in [0.29, 0.717) is 11.3 Å². The third-order valence-corrected chi connectivity index (χ3v) is 4.22. The van der Waals surface area contributed by atoms with Crippen molar-refractivity contribution in [2.24, 2.45) is 5.10 Å². The van der Waals surface area contributed by atoms with Crippen molar-refractivity contribution in [1.82, 2.24) is 5.43 Å². The number of hydrazone groups is 1. The quantitative estimate of drug-likeness (QED) is 0.470. The van der Waals surface area contributed by atoms with Crippen LogP contribution >= 0.6 is 15.9 Å². The van der Waals surface area contributed by atoms with Crippen LogP contribution < -0.4 is 10.2 Å². The lowest BCUT2D eigenvalue weighted by Gasteiger charge is -2.06. The zero-order chi connectivity index (χ0) is 18.4. The van der Waals surface area contributed by atoms with Crippen LogP contribution in [-0.2, 0) is 4.79 Å². The number of benzene rings is 3. The minimum atomic E-state index is -0.268. The Morgan fingerprint density at radius 2 is 2.00 bits per heavy atom. The molecular weight excluding hydrogens is 396 g/mol. The SMILES string of the molecule is O=C(CCOc1cccc(Br)c1)N/N=C/c1c(O)ccc2ccccc12. The van der Waals surface area contributed by atoms with E-state index in [2.05, 4.69) is 26.5 Å². The van der Waals surface area contributed by atoms with Crippen LogP contribution in [0.15, 0.2) is 70.2 Å². The van der Waals surface area contributed by atoms with Crippen LogP contribution in [0.4, 0.5) is 0 Å². The second-order valence-electron chi connectivity index (χ2n) is 5.57. The lowest BCUT2D eigenvalue weighted by molar-refractivity contribution is -0.121. The number of hydrogen-bond donors (Lipinski definition) is 2. The number of carbonyl (C=O) groups excluding carboxylic acids is 1. The van der Waals surface area contributed by atoms with E-state index in [0.717, 1.165) is 15.2 Å². The Kier molecular flexibility index (Phi) is 5.86. The van der Waals surface area contributed by atoms with Crippen molar-refractivity contribution in [3.05, 3.63) is 70.7 Å². The minimum Gasteiger partial charge on any atom is -0.507 e. The summed E-state index contributed by atoms with van der Waals surface area (Å²) < 4.78 is 6.43. The molecule has 0 saturated carbocycles. The molecule has 6 heteroatoms. The first-order valence-corrected chi connectivity index (χ1v) is 8.84. The van der Waals surface area contributed by atoms with Crippen molar-refractivity contribution in [3.8, 4) is 11.5 Å². The first-order chi connectivity index (χ1) is 12.6. The van der Waals surface area contributed by atoms with E-state index >= 15 is 0 Å². The summed E-state index contributed by atoms with van der Waals surface area (Å²) in [5, 5.41) is 15.8. The van der Waals surface area contributed by atoms with Gasteiger partial charge in [0.15, 0.2) is 0 Å². The van der Waals surface area contributed by atoms with Gasteiger partial charge in [-0.05, 0) is 35.0 Å². The number of halogens is 1. The molecule has 132 valence electrons. The lowest BCUT2D eigenvalue weighted by Crippen LogP contribution is -2.20. The number of rotatable bonds is 6. The molecule has 0 unspecified atom stereocenters. The average Bonchev–Trinajstić information content (AvgIpc) is 2.64. The van der Waals surface area contributed by atoms with Crippen LogP contribution in [0.2, 0.25) is 0 Å². The molecule has 1 amide bonds. The molecule has 3 rings (SSSR count). The van der Waals surface area contributed by atoms with E-state index in [4.69, 9.17) is 4.74 Å². The number of fused-ring (bicyclic) bond motifs is 1. The molecule has 0 spiro atoms. The molecule has 0 atom stereocenters. The number of phenols is 1. The number of carbonyl (C=O) groups is 1. The van der Waals surface area contributed by atoms with Crippen LogP contribution in [0.3, 0.4) is 0 Å². The summed E-state index contributed by atoms with van der Waals surface area (Å²) in [6.45, 7) is 0.247. The fraction of sp³-hybridized carbons (Fsp3) is 0.100. The molecule has 0 aromatic heterocycles. The highest BCUT2D eigenvalue weighted by Crippen LogP contribution is 2.25. The Bertz CT molecular complexity index is 957. The van der Waals surface area contributed by atoms with Crippen molar-refractivity contribution in [1.29, 1.82) is 0 Å². The van der Waals surface area contributed by atoms with Gasteiger partial charge in [0, 0.05) is 10.0 Å². The fourth-order valence-electron chi connectivity index (χ4n) is 2.46. The van der Waals surface area contributed by atoms with Gasteiger partial charge in [0.2, 0.25) is 5.91 Å². The second-order valence-corrected chi connectivity index (χ2v) is 6.48. The summed E-state index contributed by atoms with van der Waals surface area (Å²) in [5.41, 5.74) is 3.01. The van der Waals surface area contributed by atoms with E-state index in [1.54, 1.807) is 6.07 Å². The van der Waals surface area contributed by atoms with Gasteiger partial charge in [-0.25, -0.2) is 5.43 Å². The molecule has 3 aromatic carbocycles. The number of aromatic hydroxyl groups is 1. The van der Waals surface area contributed by atoms with Crippen LogP contribution in [0.5, 0.6) is 11.5 Å². The Morgan fingerprint density at radius 1 is 1.15 bits per heavy atom. The van der Waals surface area contributed by atoms with Gasteiger partial charge >= 0.3 is 0 Å². The third-order valence-electron chi connectivity index (χ3n) is 3.72. The molecule has 2 N–H and O–H groups in total. The smallest absolute Gasteiger partial charge is 0.243 e. The highest BCUT2D eigenvalue weighted by molar-refractivity contribution is 9.10. The van der Waals surface area contributed by atoms with Gasteiger partial charge in [-0.1, -0.05) is 52.3 Å². The number of hydrogen-bond acceptors (Lipinski definition) is 4. The maximum absolute atomic E-state index is 11.9. The van der Waals surface area contributed by atoms with Crippen molar-refractivity contribution in [2.75, 3.05) is 6.61 Å². The highest BCUT2D eigenvalue weighted by atomic mass is 79.9. The first kappa shape index (κ1) is 17.9. The highest BCUT2D eigenvalue weighted by Gasteiger charge is 2.05. The Hall–Kier alpha value is -2.86. The van der Waals surface area contributed by atoms with E-state index < -0.39 is 0 Å². The predicted molar refractivity (Wildman–Crippen MR) is 106 cm³/mol. The van der Waals surface area contributed by atoms with Crippen LogP contribution in [0, 0.1) is 0 Å². The molecule has 26 heavy (non-hydrogen) atoms. The van der Waals surface area contributed by atoms with E-state index in [1.807, 2.05) is 54.6 Å². The van der Waals surface area contributed by atoms with Crippen LogP contribution in [-0.4, -0.2) is 23.8 Å². The van der Waals surface area contributed by atoms with Gasteiger partial charge in [0.05, 0.1) is 19.2 Å². The van der Waals surface area contributed by atoms with E-state index in [1.165, 1.54) is 6.21 Å². The number of nitrogens with zero attached hydrogens (tertiary/aromatic N) is 1. The summed E-state index contributed by atoms with van der Waals surface area (Å²) in [6, 6.07) is 18.5. The summed E-state index contributed by atoms with van der Waals surface area (Å²) in [6.07, 6.45) is 1.62. The second kappa shape index (κ2) is 8.49. The maximum atomic E-state index is 11.9. The summed E-state index contributed by atoms with van der Waals surface area (Å²) in [5.74, 6) is 0.534. The van der Waals surface area contributed by atoms with Gasteiger partial charge in [0.25, 0.3) is 0 Å². The molecule has 0 radical (unpaired) electrons. The van der Waals surface area contributed by atoms with Gasteiger partial charge in [0.1, 0.15) is 11.5 Å². The zero-order valence-electron chi connectivity index (χ0n) is 13.9. The number of nitrogens with one attached hydrogen (secondary N) is 1. The maximum Gasteiger partial charge on any atom is 0.243 e. The molecule has 0 aliphatic rings. The third kappa shape index (κ3) is 4.61. The first-order valence-electron chi connectivity index (χ1n) is 8.04.